The Hall–Kier alpha value is -2.02. The molecule has 2 aromatic heterocycles. The first kappa shape index (κ1) is 13.0. The quantitative estimate of drug-likeness (QED) is 0.937. The molecule has 2 aromatic rings. The molecule has 1 saturated heterocycles. The molecule has 3 heterocycles. The molecule has 1 N–H and O–H groups in total. The summed E-state index contributed by atoms with van der Waals surface area (Å²) in [5, 5.41) is 5.14. The SMILES string of the molecule is Cc1cc(C(=O)Nc2nccs2)nc(N2CCCC2)n1. The van der Waals surface area contributed by atoms with Crippen molar-refractivity contribution in [2.24, 2.45) is 0 Å². The summed E-state index contributed by atoms with van der Waals surface area (Å²) >= 11 is 1.38. The maximum atomic E-state index is 12.2. The van der Waals surface area contributed by atoms with Crippen molar-refractivity contribution in [2.75, 3.05) is 23.3 Å². The predicted octanol–water partition coefficient (Wildman–Crippen LogP) is 2.09. The van der Waals surface area contributed by atoms with Gasteiger partial charge in [-0.05, 0) is 25.8 Å². The number of amides is 1. The van der Waals surface area contributed by atoms with Crippen LogP contribution >= 0.6 is 11.3 Å². The summed E-state index contributed by atoms with van der Waals surface area (Å²) in [5.74, 6) is 0.401. The number of aromatic nitrogens is 3. The average molecular weight is 289 g/mol. The number of aryl methyl sites for hydroxylation is 1. The molecule has 1 aliphatic rings. The Kier molecular flexibility index (Phi) is 3.60. The fourth-order valence-corrected chi connectivity index (χ4v) is 2.70. The highest BCUT2D eigenvalue weighted by Gasteiger charge is 2.18. The molecular formula is C13H15N5OS. The Balaban J connectivity index is 1.83. The minimum atomic E-state index is -0.245. The smallest absolute Gasteiger partial charge is 0.276 e. The number of rotatable bonds is 3. The molecule has 0 aliphatic carbocycles. The first-order valence-electron chi connectivity index (χ1n) is 6.54. The van der Waals surface area contributed by atoms with E-state index in [9.17, 15) is 4.79 Å². The van der Waals surface area contributed by atoms with Gasteiger partial charge in [-0.2, -0.15) is 0 Å². The maximum absolute atomic E-state index is 12.2. The second-order valence-corrected chi connectivity index (χ2v) is 5.57. The molecule has 0 bridgehead atoms. The third-order valence-electron chi connectivity index (χ3n) is 3.12. The molecule has 6 nitrogen and oxygen atoms in total. The number of nitrogens with one attached hydrogen (secondary N) is 1. The number of nitrogens with zero attached hydrogens (tertiary/aromatic N) is 4. The summed E-state index contributed by atoms with van der Waals surface area (Å²) in [6, 6.07) is 1.70. The molecule has 0 radical (unpaired) electrons. The zero-order chi connectivity index (χ0) is 13.9. The lowest BCUT2D eigenvalue weighted by atomic mass is 10.3. The zero-order valence-electron chi connectivity index (χ0n) is 11.2. The minimum Gasteiger partial charge on any atom is -0.341 e. The van der Waals surface area contributed by atoms with Gasteiger partial charge in [-0.3, -0.25) is 10.1 Å². The standard InChI is InChI=1S/C13H15N5OS/c1-9-8-10(11(19)17-13-14-4-7-20-13)16-12(15-9)18-5-2-3-6-18/h4,7-8H,2-3,5-6H2,1H3,(H,14,17,19). The summed E-state index contributed by atoms with van der Waals surface area (Å²) in [4.78, 5) is 27.1. The Morgan fingerprint density at radius 1 is 1.35 bits per heavy atom. The number of anilines is 2. The largest absolute Gasteiger partial charge is 0.341 e. The molecule has 0 unspecified atom stereocenters. The Bertz CT molecular complexity index is 607. The van der Waals surface area contributed by atoms with E-state index in [1.807, 2.05) is 12.3 Å². The van der Waals surface area contributed by atoms with Gasteiger partial charge in [0.1, 0.15) is 5.69 Å². The molecule has 104 valence electrons. The van der Waals surface area contributed by atoms with Crippen LogP contribution < -0.4 is 10.2 Å². The summed E-state index contributed by atoms with van der Waals surface area (Å²) < 4.78 is 0. The Labute approximate surface area is 120 Å². The molecule has 7 heteroatoms. The number of thiazole rings is 1. The molecule has 0 saturated carbocycles. The van der Waals surface area contributed by atoms with E-state index in [0.717, 1.165) is 31.6 Å². The first-order valence-corrected chi connectivity index (χ1v) is 7.42. The average Bonchev–Trinajstić information content (AvgIpc) is 3.11. The van der Waals surface area contributed by atoms with Crippen LogP contribution in [0.2, 0.25) is 0 Å². The summed E-state index contributed by atoms with van der Waals surface area (Å²) in [7, 11) is 0. The third-order valence-corrected chi connectivity index (χ3v) is 3.81. The number of carbonyl (C=O) groups is 1. The van der Waals surface area contributed by atoms with Crippen LogP contribution in [0.3, 0.4) is 0 Å². The predicted molar refractivity (Wildman–Crippen MR) is 78.3 cm³/mol. The van der Waals surface area contributed by atoms with Crippen LogP contribution in [-0.2, 0) is 0 Å². The van der Waals surface area contributed by atoms with Gasteiger partial charge in [0.15, 0.2) is 5.13 Å². The van der Waals surface area contributed by atoms with Crippen molar-refractivity contribution in [3.05, 3.63) is 29.0 Å². The van der Waals surface area contributed by atoms with Crippen LogP contribution in [0.15, 0.2) is 17.6 Å². The van der Waals surface area contributed by atoms with Gasteiger partial charge in [-0.15, -0.1) is 11.3 Å². The van der Waals surface area contributed by atoms with Gasteiger partial charge in [0.25, 0.3) is 5.91 Å². The molecule has 3 rings (SSSR count). The van der Waals surface area contributed by atoms with Crippen LogP contribution in [0, 0.1) is 6.92 Å². The fraction of sp³-hybridized carbons (Fsp3) is 0.385. The molecule has 1 aliphatic heterocycles. The van der Waals surface area contributed by atoms with Gasteiger partial charge >= 0.3 is 0 Å². The van der Waals surface area contributed by atoms with Gasteiger partial charge in [-0.1, -0.05) is 0 Å². The van der Waals surface area contributed by atoms with E-state index in [1.165, 1.54) is 11.3 Å². The van der Waals surface area contributed by atoms with Gasteiger partial charge in [0.2, 0.25) is 5.95 Å². The van der Waals surface area contributed by atoms with Crippen molar-refractivity contribution in [2.45, 2.75) is 19.8 Å². The van der Waals surface area contributed by atoms with Gasteiger partial charge < -0.3 is 4.90 Å². The lowest BCUT2D eigenvalue weighted by Gasteiger charge is -2.16. The van der Waals surface area contributed by atoms with E-state index in [-0.39, 0.29) is 5.91 Å². The van der Waals surface area contributed by atoms with Crippen molar-refractivity contribution < 1.29 is 4.79 Å². The maximum Gasteiger partial charge on any atom is 0.276 e. The number of carbonyl (C=O) groups excluding carboxylic acids is 1. The second-order valence-electron chi connectivity index (χ2n) is 4.68. The monoisotopic (exact) mass is 289 g/mol. The molecule has 20 heavy (non-hydrogen) atoms. The normalized spacial score (nSPS) is 14.6. The van der Waals surface area contributed by atoms with Crippen LogP contribution in [-0.4, -0.2) is 33.9 Å². The van der Waals surface area contributed by atoms with Gasteiger partial charge in [0, 0.05) is 30.4 Å². The van der Waals surface area contributed by atoms with Gasteiger partial charge in [0.05, 0.1) is 0 Å². The lowest BCUT2D eigenvalue weighted by Crippen LogP contribution is -2.23. The Morgan fingerprint density at radius 3 is 2.85 bits per heavy atom. The number of hydrogen-bond acceptors (Lipinski definition) is 6. The molecule has 1 amide bonds. The highest BCUT2D eigenvalue weighted by atomic mass is 32.1. The summed E-state index contributed by atoms with van der Waals surface area (Å²) in [6.45, 7) is 3.79. The second kappa shape index (κ2) is 5.54. The molecule has 0 atom stereocenters. The van der Waals surface area contributed by atoms with Crippen molar-refractivity contribution in [3.63, 3.8) is 0 Å². The minimum absolute atomic E-state index is 0.245. The molecular weight excluding hydrogens is 274 g/mol. The summed E-state index contributed by atoms with van der Waals surface area (Å²) in [6.07, 6.45) is 3.96. The lowest BCUT2D eigenvalue weighted by molar-refractivity contribution is 0.102. The van der Waals surface area contributed by atoms with E-state index < -0.39 is 0 Å². The molecule has 0 spiro atoms. The van der Waals surface area contributed by atoms with Crippen LogP contribution in [0.1, 0.15) is 29.0 Å². The van der Waals surface area contributed by atoms with Crippen molar-refractivity contribution >= 4 is 28.3 Å². The highest BCUT2D eigenvalue weighted by Crippen LogP contribution is 2.18. The van der Waals surface area contributed by atoms with Crippen molar-refractivity contribution in [1.82, 2.24) is 15.0 Å². The van der Waals surface area contributed by atoms with Crippen LogP contribution in [0.25, 0.3) is 0 Å². The van der Waals surface area contributed by atoms with Crippen LogP contribution in [0.4, 0.5) is 11.1 Å². The van der Waals surface area contributed by atoms with Crippen molar-refractivity contribution in [3.8, 4) is 0 Å². The molecule has 1 fully saturated rings. The van der Waals surface area contributed by atoms with E-state index in [0.29, 0.717) is 16.8 Å². The fourth-order valence-electron chi connectivity index (χ4n) is 2.17. The van der Waals surface area contributed by atoms with E-state index in [1.54, 1.807) is 12.3 Å². The van der Waals surface area contributed by atoms with E-state index >= 15 is 0 Å². The Morgan fingerprint density at radius 2 is 2.15 bits per heavy atom. The van der Waals surface area contributed by atoms with Crippen LogP contribution in [0.5, 0.6) is 0 Å². The zero-order valence-corrected chi connectivity index (χ0v) is 12.0. The van der Waals surface area contributed by atoms with Crippen molar-refractivity contribution in [1.29, 1.82) is 0 Å². The topological polar surface area (TPSA) is 71.0 Å². The third kappa shape index (κ3) is 2.77. The molecule has 0 aromatic carbocycles. The summed E-state index contributed by atoms with van der Waals surface area (Å²) in [5.41, 5.74) is 1.18. The highest BCUT2D eigenvalue weighted by molar-refractivity contribution is 7.13. The van der Waals surface area contributed by atoms with E-state index in [2.05, 4.69) is 25.2 Å². The first-order chi connectivity index (χ1) is 9.72. The number of hydrogen-bond donors (Lipinski definition) is 1. The van der Waals surface area contributed by atoms with Gasteiger partial charge in [-0.25, -0.2) is 15.0 Å². The van der Waals surface area contributed by atoms with E-state index in [4.69, 9.17) is 0 Å².